The Morgan fingerprint density at radius 3 is 2.57 bits per heavy atom. The topological polar surface area (TPSA) is 92.9 Å². The van der Waals surface area contributed by atoms with Crippen LogP contribution in [0.4, 0.5) is 5.69 Å². The predicted octanol–water partition coefficient (Wildman–Crippen LogP) is 0.630. The highest BCUT2D eigenvalue weighted by Crippen LogP contribution is 2.19. The lowest BCUT2D eigenvalue weighted by Crippen LogP contribution is -2.37. The van der Waals surface area contributed by atoms with Crippen molar-refractivity contribution in [3.63, 3.8) is 0 Å². The van der Waals surface area contributed by atoms with Crippen molar-refractivity contribution in [3.8, 4) is 0 Å². The second-order valence-corrected chi connectivity index (χ2v) is 7.99. The maximum atomic E-state index is 12.1. The Labute approximate surface area is 130 Å². The Hall–Kier alpha value is -0.800. The van der Waals surface area contributed by atoms with Gasteiger partial charge in [0.1, 0.15) is 0 Å². The van der Waals surface area contributed by atoms with E-state index in [4.69, 9.17) is 10.5 Å². The van der Waals surface area contributed by atoms with E-state index in [2.05, 4.69) is 0 Å². The van der Waals surface area contributed by atoms with Crippen molar-refractivity contribution in [3.05, 3.63) is 24.3 Å². The molecule has 0 aliphatic heterocycles. The number of nitrogens with zero attached hydrogens (tertiary/aromatic N) is 1. The predicted molar refractivity (Wildman–Crippen MR) is 85.9 cm³/mol. The van der Waals surface area contributed by atoms with Crippen molar-refractivity contribution in [2.75, 3.05) is 44.5 Å². The molecule has 8 heteroatoms. The molecule has 6 nitrogen and oxygen atoms in total. The van der Waals surface area contributed by atoms with E-state index in [1.807, 2.05) is 12.1 Å². The number of rotatable bonds is 9. The summed E-state index contributed by atoms with van der Waals surface area (Å²) in [5, 5.41) is 9.56. The van der Waals surface area contributed by atoms with Crippen molar-refractivity contribution in [2.45, 2.75) is 11.0 Å². The zero-order valence-corrected chi connectivity index (χ0v) is 13.9. The fourth-order valence-electron chi connectivity index (χ4n) is 1.64. The van der Waals surface area contributed by atoms with Crippen LogP contribution in [0.15, 0.2) is 29.2 Å². The second-order valence-electron chi connectivity index (χ2n) is 4.62. The first kappa shape index (κ1) is 18.2. The fraction of sp³-hybridized carbons (Fsp3) is 0.538. The number of likely N-dealkylation sites (N-methyl/N-ethyl adjacent to an activating group) is 1. The smallest absolute Gasteiger partial charge is 0.214 e. The number of nitrogens with two attached hydrogens (primary N) is 1. The molecule has 0 radical (unpaired) electrons. The molecule has 0 aliphatic carbocycles. The number of benzene rings is 1. The molecule has 0 saturated carbocycles. The van der Waals surface area contributed by atoms with Crippen molar-refractivity contribution in [2.24, 2.45) is 0 Å². The maximum Gasteiger partial charge on any atom is 0.214 e. The highest BCUT2D eigenvalue weighted by atomic mass is 32.2. The largest absolute Gasteiger partial charge is 0.399 e. The molecule has 0 amide bonds. The number of sulfonamides is 1. The van der Waals surface area contributed by atoms with Gasteiger partial charge in [0.2, 0.25) is 10.0 Å². The lowest BCUT2D eigenvalue weighted by Gasteiger charge is -2.20. The summed E-state index contributed by atoms with van der Waals surface area (Å²) in [6.07, 6.45) is -0.820. The Balaban J connectivity index is 2.43. The molecule has 0 spiro atoms. The molecule has 1 aromatic carbocycles. The van der Waals surface area contributed by atoms with Gasteiger partial charge in [0.25, 0.3) is 0 Å². The van der Waals surface area contributed by atoms with Crippen LogP contribution in [0.5, 0.6) is 0 Å². The molecule has 120 valence electrons. The number of anilines is 1. The van der Waals surface area contributed by atoms with Crippen molar-refractivity contribution < 1.29 is 18.3 Å². The van der Waals surface area contributed by atoms with E-state index < -0.39 is 16.1 Å². The molecule has 0 heterocycles. The number of aliphatic hydroxyl groups excluding tert-OH is 1. The molecule has 0 aromatic heterocycles. The van der Waals surface area contributed by atoms with Crippen LogP contribution in [-0.2, 0) is 14.8 Å². The zero-order chi connectivity index (χ0) is 15.9. The van der Waals surface area contributed by atoms with Gasteiger partial charge in [-0.3, -0.25) is 0 Å². The first-order valence-electron chi connectivity index (χ1n) is 6.44. The minimum Gasteiger partial charge on any atom is -0.399 e. The van der Waals surface area contributed by atoms with E-state index in [9.17, 15) is 13.5 Å². The van der Waals surface area contributed by atoms with Crippen molar-refractivity contribution in [1.29, 1.82) is 0 Å². The van der Waals surface area contributed by atoms with Crippen LogP contribution in [0.3, 0.4) is 0 Å². The lowest BCUT2D eigenvalue weighted by atomic mass is 10.3. The van der Waals surface area contributed by atoms with Gasteiger partial charge in [-0.2, -0.15) is 0 Å². The summed E-state index contributed by atoms with van der Waals surface area (Å²) in [6.45, 7) is 0.142. The molecule has 21 heavy (non-hydrogen) atoms. The summed E-state index contributed by atoms with van der Waals surface area (Å²) in [4.78, 5) is 0.974. The highest BCUT2D eigenvalue weighted by Gasteiger charge is 2.20. The standard InChI is InChI=1S/C13H22N2O4S2/c1-15(9-12(16)10-19-2)21(17,18)8-7-20-13-5-3-11(14)4-6-13/h3-6,12,16H,7-10,14H2,1-2H3. The number of nitrogen functional groups attached to an aromatic ring is 1. The summed E-state index contributed by atoms with van der Waals surface area (Å²) in [7, 11) is -0.460. The van der Waals surface area contributed by atoms with E-state index in [-0.39, 0.29) is 18.9 Å². The van der Waals surface area contributed by atoms with Crippen molar-refractivity contribution >= 4 is 27.5 Å². The van der Waals surface area contributed by atoms with Gasteiger partial charge in [-0.1, -0.05) is 0 Å². The molecular formula is C13H22N2O4S2. The normalized spacial score (nSPS) is 13.5. The van der Waals surface area contributed by atoms with Crippen LogP contribution in [0.1, 0.15) is 0 Å². The number of ether oxygens (including phenoxy) is 1. The van der Waals surface area contributed by atoms with Gasteiger partial charge in [0.15, 0.2) is 0 Å². The lowest BCUT2D eigenvalue weighted by molar-refractivity contribution is 0.0554. The molecule has 3 N–H and O–H groups in total. The first-order valence-corrected chi connectivity index (χ1v) is 9.04. The summed E-state index contributed by atoms with van der Waals surface area (Å²) < 4.78 is 30.1. The summed E-state index contributed by atoms with van der Waals surface area (Å²) >= 11 is 1.45. The summed E-state index contributed by atoms with van der Waals surface area (Å²) in [6, 6.07) is 7.28. The summed E-state index contributed by atoms with van der Waals surface area (Å²) in [5.41, 5.74) is 6.27. The van der Waals surface area contributed by atoms with Gasteiger partial charge in [-0.25, -0.2) is 12.7 Å². The third-order valence-electron chi connectivity index (χ3n) is 2.79. The number of hydrogen-bond acceptors (Lipinski definition) is 6. The monoisotopic (exact) mass is 334 g/mol. The molecule has 1 atom stereocenters. The van der Waals surface area contributed by atoms with Gasteiger partial charge in [0.05, 0.1) is 18.5 Å². The zero-order valence-electron chi connectivity index (χ0n) is 12.2. The van der Waals surface area contributed by atoms with Crippen LogP contribution in [0.25, 0.3) is 0 Å². The van der Waals surface area contributed by atoms with Gasteiger partial charge >= 0.3 is 0 Å². The molecule has 1 rings (SSSR count). The molecule has 0 saturated heterocycles. The molecule has 1 aromatic rings. The third-order valence-corrected chi connectivity index (χ3v) is 5.88. The van der Waals surface area contributed by atoms with Crippen LogP contribution in [-0.4, -0.2) is 62.7 Å². The third kappa shape index (κ3) is 6.66. The SMILES string of the molecule is COCC(O)CN(C)S(=O)(=O)CCSc1ccc(N)cc1. The van der Waals surface area contributed by atoms with E-state index in [1.165, 1.54) is 30.2 Å². The molecule has 0 bridgehead atoms. The summed E-state index contributed by atoms with van der Waals surface area (Å²) in [5.74, 6) is 0.454. The first-order chi connectivity index (χ1) is 9.85. The number of methoxy groups -OCH3 is 1. The van der Waals surface area contributed by atoms with E-state index in [0.29, 0.717) is 11.4 Å². The van der Waals surface area contributed by atoms with Gasteiger partial charge in [-0.15, -0.1) is 11.8 Å². The van der Waals surface area contributed by atoms with Gasteiger partial charge < -0.3 is 15.6 Å². The maximum absolute atomic E-state index is 12.1. The second kappa shape index (κ2) is 8.60. The molecule has 0 fully saturated rings. The fourth-order valence-corrected chi connectivity index (χ4v) is 4.09. The molecular weight excluding hydrogens is 312 g/mol. The molecule has 1 unspecified atom stereocenters. The van der Waals surface area contributed by atoms with E-state index in [1.54, 1.807) is 12.1 Å². The average Bonchev–Trinajstić information content (AvgIpc) is 2.41. The van der Waals surface area contributed by atoms with E-state index in [0.717, 1.165) is 4.90 Å². The minimum absolute atomic E-state index is 0.0121. The Bertz CT molecular complexity index is 519. The van der Waals surface area contributed by atoms with Gasteiger partial charge in [0, 0.05) is 37.0 Å². The number of hydrogen-bond donors (Lipinski definition) is 2. The van der Waals surface area contributed by atoms with Crippen LogP contribution >= 0.6 is 11.8 Å². The van der Waals surface area contributed by atoms with Crippen LogP contribution < -0.4 is 5.73 Å². The average molecular weight is 334 g/mol. The number of aliphatic hydroxyl groups is 1. The van der Waals surface area contributed by atoms with Crippen molar-refractivity contribution in [1.82, 2.24) is 4.31 Å². The Kier molecular flexibility index (Phi) is 7.47. The highest BCUT2D eigenvalue weighted by molar-refractivity contribution is 8.00. The van der Waals surface area contributed by atoms with E-state index >= 15 is 0 Å². The minimum atomic E-state index is -3.38. The Morgan fingerprint density at radius 1 is 1.38 bits per heavy atom. The Morgan fingerprint density at radius 2 is 2.00 bits per heavy atom. The number of thioether (sulfide) groups is 1. The van der Waals surface area contributed by atoms with Crippen LogP contribution in [0.2, 0.25) is 0 Å². The molecule has 0 aliphatic rings. The van der Waals surface area contributed by atoms with Crippen LogP contribution in [0, 0.1) is 0 Å². The quantitative estimate of drug-likeness (QED) is 0.508. The van der Waals surface area contributed by atoms with Gasteiger partial charge in [-0.05, 0) is 24.3 Å².